The summed E-state index contributed by atoms with van der Waals surface area (Å²) in [6.45, 7) is 0. The second-order valence-electron chi connectivity index (χ2n) is 4.43. The van der Waals surface area contributed by atoms with E-state index in [0.717, 1.165) is 0 Å². The summed E-state index contributed by atoms with van der Waals surface area (Å²) >= 11 is 0. The summed E-state index contributed by atoms with van der Waals surface area (Å²) in [5.74, 6) is 2.46. The number of Topliss-reactive ketones (excluding diaryl/α,β-unsaturated/α-hetero) is 1. The van der Waals surface area contributed by atoms with Crippen LogP contribution in [-0.2, 0) is 25.6 Å². The van der Waals surface area contributed by atoms with E-state index in [0.29, 0.717) is 5.56 Å². The van der Waals surface area contributed by atoms with Crippen LogP contribution in [0.15, 0.2) is 30.3 Å². The van der Waals surface area contributed by atoms with Crippen molar-refractivity contribution in [2.45, 2.75) is 24.8 Å². The van der Waals surface area contributed by atoms with Gasteiger partial charge in [0.2, 0.25) is 5.91 Å². The predicted molar refractivity (Wildman–Crippen MR) is 70.8 cm³/mol. The van der Waals surface area contributed by atoms with Crippen LogP contribution in [-0.4, -0.2) is 23.2 Å². The average Bonchev–Trinajstić information content (AvgIpc) is 2.44. The molecule has 20 heavy (non-hydrogen) atoms. The van der Waals surface area contributed by atoms with E-state index in [9.17, 15) is 14.4 Å². The molecule has 0 fully saturated rings. The molecule has 0 saturated heterocycles. The molecule has 0 aliphatic carbocycles. The number of primary amides is 1. The van der Waals surface area contributed by atoms with E-state index in [4.69, 9.17) is 17.4 Å². The van der Waals surface area contributed by atoms with Crippen LogP contribution in [0.4, 0.5) is 0 Å². The van der Waals surface area contributed by atoms with E-state index < -0.39 is 23.2 Å². The number of hydrogen-bond donors (Lipinski definition) is 3. The molecule has 7 nitrogen and oxygen atoms in total. The van der Waals surface area contributed by atoms with Gasteiger partial charge < -0.3 is 16.3 Å². The van der Waals surface area contributed by atoms with Crippen molar-refractivity contribution in [1.82, 2.24) is 0 Å². The Morgan fingerprint density at radius 2 is 1.75 bits per heavy atom. The van der Waals surface area contributed by atoms with Crippen molar-refractivity contribution in [3.63, 3.8) is 0 Å². The van der Waals surface area contributed by atoms with Crippen molar-refractivity contribution in [1.29, 1.82) is 0 Å². The van der Waals surface area contributed by atoms with Gasteiger partial charge in [0, 0.05) is 12.8 Å². The van der Waals surface area contributed by atoms with Crippen molar-refractivity contribution in [2.24, 2.45) is 17.4 Å². The van der Waals surface area contributed by atoms with Crippen LogP contribution in [0, 0.1) is 0 Å². The van der Waals surface area contributed by atoms with E-state index in [2.05, 4.69) is 4.84 Å². The monoisotopic (exact) mass is 279 g/mol. The Labute approximate surface area is 116 Å². The molecule has 108 valence electrons. The minimum atomic E-state index is -1.97. The summed E-state index contributed by atoms with van der Waals surface area (Å²) in [5.41, 5.74) is 9.50. The summed E-state index contributed by atoms with van der Waals surface area (Å²) in [4.78, 5) is 38.7. The van der Waals surface area contributed by atoms with Crippen molar-refractivity contribution in [3.8, 4) is 0 Å². The molecule has 1 aromatic rings. The summed E-state index contributed by atoms with van der Waals surface area (Å²) in [6, 6.07) is 8.75. The fraction of sp³-hybridized carbons (Fsp3) is 0.308. The van der Waals surface area contributed by atoms with Gasteiger partial charge in [0.05, 0.1) is 0 Å². The Morgan fingerprint density at radius 3 is 2.25 bits per heavy atom. The largest absolute Gasteiger partial charge is 0.372 e. The van der Waals surface area contributed by atoms with Crippen LogP contribution < -0.4 is 17.4 Å². The maximum Gasteiger partial charge on any atom is 0.352 e. The molecule has 1 aromatic carbocycles. The molecule has 0 aliphatic heterocycles. The van der Waals surface area contributed by atoms with Gasteiger partial charge in [-0.1, -0.05) is 30.3 Å². The first kappa shape index (κ1) is 15.8. The Hall–Kier alpha value is -2.25. The normalized spacial score (nSPS) is 13.3. The third-order valence-electron chi connectivity index (χ3n) is 2.94. The van der Waals surface area contributed by atoms with Crippen molar-refractivity contribution in [3.05, 3.63) is 35.9 Å². The van der Waals surface area contributed by atoms with Gasteiger partial charge >= 0.3 is 5.97 Å². The maximum atomic E-state index is 12.2. The molecule has 7 heteroatoms. The number of benzene rings is 1. The second kappa shape index (κ2) is 6.78. The zero-order chi connectivity index (χ0) is 15.2. The number of nitrogens with two attached hydrogens (primary N) is 3. The summed E-state index contributed by atoms with van der Waals surface area (Å²) in [6.07, 6.45) is -0.526. The summed E-state index contributed by atoms with van der Waals surface area (Å²) < 4.78 is 0. The zero-order valence-corrected chi connectivity index (χ0v) is 10.9. The third-order valence-corrected chi connectivity index (χ3v) is 2.94. The van der Waals surface area contributed by atoms with Gasteiger partial charge in [-0.05, 0) is 12.0 Å². The maximum absolute atomic E-state index is 12.2. The van der Waals surface area contributed by atoms with Crippen LogP contribution in [0.5, 0.6) is 0 Å². The van der Waals surface area contributed by atoms with Gasteiger partial charge in [0.1, 0.15) is 0 Å². The number of carbonyl (C=O) groups is 3. The lowest BCUT2D eigenvalue weighted by molar-refractivity contribution is -0.154. The molecule has 0 heterocycles. The quantitative estimate of drug-likeness (QED) is 0.440. The molecular weight excluding hydrogens is 262 g/mol. The Bertz CT molecular complexity index is 504. The van der Waals surface area contributed by atoms with Gasteiger partial charge in [-0.25, -0.2) is 4.79 Å². The van der Waals surface area contributed by atoms with Gasteiger partial charge in [-0.2, -0.15) is 5.90 Å². The number of ketones is 1. The minimum absolute atomic E-state index is 0.0643. The minimum Gasteiger partial charge on any atom is -0.372 e. The molecule has 1 atom stereocenters. The molecule has 1 unspecified atom stereocenters. The topological polar surface area (TPSA) is 138 Å². The molecule has 0 radical (unpaired) electrons. The molecule has 0 aromatic heterocycles. The number of rotatable bonds is 7. The standard InChI is InChI=1S/C13H17N3O4/c14-11(18)6-7-13(15,12(19)20-16)10(17)8-9-4-2-1-3-5-9/h1-5H,6-8,15-16H2,(H2,14,18). The van der Waals surface area contributed by atoms with Crippen molar-refractivity contribution in [2.75, 3.05) is 0 Å². The van der Waals surface area contributed by atoms with Crippen LogP contribution in [0.3, 0.4) is 0 Å². The fourth-order valence-corrected chi connectivity index (χ4v) is 1.72. The van der Waals surface area contributed by atoms with Gasteiger partial charge in [-0.3, -0.25) is 9.59 Å². The smallest absolute Gasteiger partial charge is 0.352 e. The lowest BCUT2D eigenvalue weighted by Gasteiger charge is -2.24. The Balaban J connectivity index is 2.89. The third kappa shape index (κ3) is 3.87. The van der Waals surface area contributed by atoms with Crippen molar-refractivity contribution >= 4 is 17.7 Å². The van der Waals surface area contributed by atoms with E-state index in [1.807, 2.05) is 0 Å². The van der Waals surface area contributed by atoms with Crippen molar-refractivity contribution < 1.29 is 19.2 Å². The lowest BCUT2D eigenvalue weighted by Crippen LogP contribution is -2.57. The summed E-state index contributed by atoms with van der Waals surface area (Å²) in [5, 5.41) is 0. The molecular formula is C13H17N3O4. The molecule has 0 aliphatic rings. The number of hydrogen-bond acceptors (Lipinski definition) is 6. The Morgan fingerprint density at radius 1 is 1.15 bits per heavy atom. The first-order valence-electron chi connectivity index (χ1n) is 5.95. The van der Waals surface area contributed by atoms with Crippen LogP contribution in [0.2, 0.25) is 0 Å². The van der Waals surface area contributed by atoms with Crippen LogP contribution in [0.1, 0.15) is 18.4 Å². The van der Waals surface area contributed by atoms with Crippen LogP contribution >= 0.6 is 0 Å². The van der Waals surface area contributed by atoms with E-state index in [1.165, 1.54) is 0 Å². The average molecular weight is 279 g/mol. The van der Waals surface area contributed by atoms with E-state index >= 15 is 0 Å². The molecule has 0 bridgehead atoms. The molecule has 1 rings (SSSR count). The van der Waals surface area contributed by atoms with Gasteiger partial charge in [0.25, 0.3) is 0 Å². The van der Waals surface area contributed by atoms with E-state index in [-0.39, 0.29) is 19.3 Å². The van der Waals surface area contributed by atoms with Gasteiger partial charge in [-0.15, -0.1) is 0 Å². The molecule has 0 spiro atoms. The highest BCUT2D eigenvalue weighted by atomic mass is 16.7. The fourth-order valence-electron chi connectivity index (χ4n) is 1.72. The van der Waals surface area contributed by atoms with Crippen LogP contribution in [0.25, 0.3) is 0 Å². The highest BCUT2D eigenvalue weighted by molar-refractivity contribution is 6.09. The molecule has 0 saturated carbocycles. The summed E-state index contributed by atoms with van der Waals surface area (Å²) in [7, 11) is 0. The number of amides is 1. The SMILES string of the molecule is NOC(=O)C(N)(CCC(N)=O)C(=O)Cc1ccccc1. The molecule has 1 amide bonds. The first-order valence-corrected chi connectivity index (χ1v) is 5.95. The highest BCUT2D eigenvalue weighted by Crippen LogP contribution is 2.16. The zero-order valence-electron chi connectivity index (χ0n) is 10.9. The highest BCUT2D eigenvalue weighted by Gasteiger charge is 2.43. The lowest BCUT2D eigenvalue weighted by atomic mass is 9.86. The number of carbonyl (C=O) groups excluding carboxylic acids is 3. The first-order chi connectivity index (χ1) is 9.40. The predicted octanol–water partition coefficient (Wildman–Crippen LogP) is -0.822. The second-order valence-corrected chi connectivity index (χ2v) is 4.43. The van der Waals surface area contributed by atoms with Gasteiger partial charge in [0.15, 0.2) is 11.3 Å². The van der Waals surface area contributed by atoms with E-state index in [1.54, 1.807) is 30.3 Å². The Kier molecular flexibility index (Phi) is 5.36. The molecule has 6 N–H and O–H groups in total.